The monoisotopic (exact) mass is 426 g/mol. The molecule has 0 atom stereocenters. The number of rotatable bonds is 7. The van der Waals surface area contributed by atoms with E-state index < -0.39 is 0 Å². The lowest BCUT2D eigenvalue weighted by molar-refractivity contribution is -0.119. The molecule has 3 aromatic rings. The Labute approximate surface area is 179 Å². The second kappa shape index (κ2) is 8.91. The van der Waals surface area contributed by atoms with Gasteiger partial charge < -0.3 is 19.9 Å². The molecule has 3 heterocycles. The number of imidazole rings is 1. The Morgan fingerprint density at radius 3 is 2.83 bits per heavy atom. The van der Waals surface area contributed by atoms with Crippen molar-refractivity contribution in [1.82, 2.24) is 24.4 Å². The normalized spacial score (nSPS) is 14.9. The number of aromatic nitrogens is 4. The number of anilines is 1. The zero-order valence-electron chi connectivity index (χ0n) is 17.2. The lowest BCUT2D eigenvalue weighted by Crippen LogP contribution is -2.32. The number of nitrogens with two attached hydrogens (primary N) is 1. The van der Waals surface area contributed by atoms with Gasteiger partial charge in [0.1, 0.15) is 12.1 Å². The number of hydrogen-bond donors (Lipinski definition) is 1. The molecule has 1 aliphatic rings. The fraction of sp³-hybridized carbons (Fsp3) is 0.429. The lowest BCUT2D eigenvalue weighted by atomic mass is 9.94. The molecule has 0 radical (unpaired) electrons. The van der Waals surface area contributed by atoms with Crippen LogP contribution in [0.15, 0.2) is 34.6 Å². The molecule has 4 rings (SSSR count). The molecule has 1 aromatic carbocycles. The van der Waals surface area contributed by atoms with Crippen molar-refractivity contribution in [2.45, 2.75) is 42.8 Å². The van der Waals surface area contributed by atoms with E-state index in [9.17, 15) is 4.79 Å². The zero-order chi connectivity index (χ0) is 21.1. The van der Waals surface area contributed by atoms with Crippen LogP contribution in [0.1, 0.15) is 24.8 Å². The molecular weight excluding hydrogens is 400 g/mol. The lowest BCUT2D eigenvalue weighted by Gasteiger charge is -2.29. The van der Waals surface area contributed by atoms with Crippen LogP contribution >= 0.6 is 11.8 Å². The Morgan fingerprint density at radius 1 is 1.30 bits per heavy atom. The molecule has 1 aliphatic heterocycles. The topological polar surface area (TPSA) is 99.2 Å². The standard InChI is InChI=1S/C21H26N6O2S/c1-14-3-4-16(29-2)17(11-14)30-21-25-18-19(22)23-12-24-20(18)27(21)10-7-15-5-8-26(13-28)9-6-15/h3-4,11-13,15H,5-10H2,1-2H3,(H2,22,23,24). The summed E-state index contributed by atoms with van der Waals surface area (Å²) >= 11 is 1.55. The number of methoxy groups -OCH3 is 1. The van der Waals surface area contributed by atoms with Crippen LogP contribution in [0.25, 0.3) is 11.2 Å². The van der Waals surface area contributed by atoms with Gasteiger partial charge in [0.2, 0.25) is 6.41 Å². The molecule has 0 saturated carbocycles. The van der Waals surface area contributed by atoms with Crippen LogP contribution in [0, 0.1) is 12.8 Å². The van der Waals surface area contributed by atoms with Gasteiger partial charge in [-0.05, 0) is 61.6 Å². The number of ether oxygens (including phenoxy) is 1. The fourth-order valence-corrected chi connectivity index (χ4v) is 4.95. The predicted octanol–water partition coefficient (Wildman–Crippen LogP) is 3.14. The summed E-state index contributed by atoms with van der Waals surface area (Å²) < 4.78 is 7.67. The second-order valence-corrected chi connectivity index (χ2v) is 8.62. The van der Waals surface area contributed by atoms with Crippen molar-refractivity contribution in [1.29, 1.82) is 0 Å². The van der Waals surface area contributed by atoms with E-state index in [1.807, 2.05) is 17.0 Å². The van der Waals surface area contributed by atoms with Crippen molar-refractivity contribution in [2.75, 3.05) is 25.9 Å². The van der Waals surface area contributed by atoms with Crippen molar-refractivity contribution in [3.05, 3.63) is 30.1 Å². The summed E-state index contributed by atoms with van der Waals surface area (Å²) in [5, 5.41) is 0.825. The Balaban J connectivity index is 1.62. The quantitative estimate of drug-likeness (QED) is 0.579. The number of piperidine rings is 1. The molecule has 2 aromatic heterocycles. The summed E-state index contributed by atoms with van der Waals surface area (Å²) in [7, 11) is 1.67. The number of likely N-dealkylation sites (tertiary alicyclic amines) is 1. The van der Waals surface area contributed by atoms with Crippen LogP contribution in [0.2, 0.25) is 0 Å². The second-order valence-electron chi connectivity index (χ2n) is 7.61. The molecule has 2 N–H and O–H groups in total. The first-order chi connectivity index (χ1) is 14.6. The van der Waals surface area contributed by atoms with E-state index in [1.165, 1.54) is 6.33 Å². The maximum absolute atomic E-state index is 11.0. The summed E-state index contributed by atoms with van der Waals surface area (Å²) in [6, 6.07) is 6.10. The number of benzene rings is 1. The first-order valence-corrected chi connectivity index (χ1v) is 10.9. The van der Waals surface area contributed by atoms with Gasteiger partial charge in [0, 0.05) is 19.6 Å². The van der Waals surface area contributed by atoms with E-state index in [0.29, 0.717) is 17.3 Å². The maximum Gasteiger partial charge on any atom is 0.209 e. The van der Waals surface area contributed by atoms with E-state index in [4.69, 9.17) is 15.5 Å². The van der Waals surface area contributed by atoms with Crippen LogP contribution < -0.4 is 10.5 Å². The molecule has 1 fully saturated rings. The third-order valence-electron chi connectivity index (χ3n) is 5.60. The minimum absolute atomic E-state index is 0.385. The van der Waals surface area contributed by atoms with Crippen LogP contribution in [0.3, 0.4) is 0 Å². The third-order valence-corrected chi connectivity index (χ3v) is 6.64. The molecule has 8 nitrogen and oxygen atoms in total. The average molecular weight is 427 g/mol. The Bertz CT molecular complexity index is 1050. The molecule has 0 bridgehead atoms. The zero-order valence-corrected chi connectivity index (χ0v) is 18.1. The highest BCUT2D eigenvalue weighted by atomic mass is 32.2. The number of amides is 1. The summed E-state index contributed by atoms with van der Waals surface area (Å²) in [5.74, 6) is 1.77. The number of fused-ring (bicyclic) bond motifs is 1. The third kappa shape index (κ3) is 4.21. The number of aryl methyl sites for hydroxylation is 2. The van der Waals surface area contributed by atoms with Gasteiger partial charge in [0.05, 0.1) is 12.0 Å². The number of carbonyl (C=O) groups is 1. The number of nitrogen functional groups attached to an aromatic ring is 1. The van der Waals surface area contributed by atoms with Crippen molar-refractivity contribution >= 4 is 35.2 Å². The van der Waals surface area contributed by atoms with E-state index in [0.717, 1.165) is 72.3 Å². The summed E-state index contributed by atoms with van der Waals surface area (Å²) in [4.78, 5) is 27.1. The van der Waals surface area contributed by atoms with Gasteiger partial charge >= 0.3 is 0 Å². The Morgan fingerprint density at radius 2 is 2.10 bits per heavy atom. The number of carbonyl (C=O) groups excluding carboxylic acids is 1. The fourth-order valence-electron chi connectivity index (χ4n) is 3.83. The SMILES string of the molecule is COc1ccc(C)cc1Sc1nc2c(N)ncnc2n1CCC1CCN(C=O)CC1. The van der Waals surface area contributed by atoms with Gasteiger partial charge in [-0.15, -0.1) is 0 Å². The van der Waals surface area contributed by atoms with Crippen LogP contribution in [0.5, 0.6) is 5.75 Å². The first-order valence-electron chi connectivity index (χ1n) is 10.1. The van der Waals surface area contributed by atoms with E-state index in [-0.39, 0.29) is 0 Å². The highest BCUT2D eigenvalue weighted by Gasteiger charge is 2.21. The predicted molar refractivity (Wildman–Crippen MR) is 117 cm³/mol. The molecule has 0 unspecified atom stereocenters. The van der Waals surface area contributed by atoms with Gasteiger partial charge in [-0.3, -0.25) is 4.79 Å². The van der Waals surface area contributed by atoms with Gasteiger partial charge in [-0.25, -0.2) is 15.0 Å². The average Bonchev–Trinajstić information content (AvgIpc) is 3.11. The van der Waals surface area contributed by atoms with Gasteiger partial charge in [0.25, 0.3) is 0 Å². The summed E-state index contributed by atoms with van der Waals surface area (Å²) in [6.45, 7) is 4.50. The minimum Gasteiger partial charge on any atom is -0.496 e. The number of hydrogen-bond acceptors (Lipinski definition) is 7. The molecule has 1 saturated heterocycles. The smallest absolute Gasteiger partial charge is 0.209 e. The maximum atomic E-state index is 11.0. The Kier molecular flexibility index (Phi) is 6.08. The largest absolute Gasteiger partial charge is 0.496 e. The highest BCUT2D eigenvalue weighted by Crippen LogP contribution is 2.37. The molecule has 9 heteroatoms. The van der Waals surface area contributed by atoms with E-state index in [2.05, 4.69) is 27.5 Å². The van der Waals surface area contributed by atoms with Crippen molar-refractivity contribution in [3.8, 4) is 5.75 Å². The van der Waals surface area contributed by atoms with Gasteiger partial charge in [0.15, 0.2) is 22.1 Å². The molecule has 1 amide bonds. The molecule has 0 spiro atoms. The van der Waals surface area contributed by atoms with E-state index >= 15 is 0 Å². The molecule has 158 valence electrons. The summed E-state index contributed by atoms with van der Waals surface area (Å²) in [6.07, 6.45) is 5.48. The van der Waals surface area contributed by atoms with E-state index in [1.54, 1.807) is 18.9 Å². The molecular formula is C21H26N6O2S. The van der Waals surface area contributed by atoms with Crippen molar-refractivity contribution in [2.24, 2.45) is 5.92 Å². The molecule has 0 aliphatic carbocycles. The van der Waals surface area contributed by atoms with Crippen LogP contribution in [-0.4, -0.2) is 51.0 Å². The first kappa shape index (κ1) is 20.5. The highest BCUT2D eigenvalue weighted by molar-refractivity contribution is 7.99. The summed E-state index contributed by atoms with van der Waals surface area (Å²) in [5.41, 5.74) is 8.62. The molecule has 30 heavy (non-hydrogen) atoms. The van der Waals surface area contributed by atoms with Crippen molar-refractivity contribution < 1.29 is 9.53 Å². The van der Waals surface area contributed by atoms with Gasteiger partial charge in [-0.2, -0.15) is 0 Å². The Hall–Kier alpha value is -2.81. The van der Waals surface area contributed by atoms with Crippen LogP contribution in [-0.2, 0) is 11.3 Å². The van der Waals surface area contributed by atoms with Crippen molar-refractivity contribution in [3.63, 3.8) is 0 Å². The number of nitrogens with zero attached hydrogens (tertiary/aromatic N) is 5. The van der Waals surface area contributed by atoms with Gasteiger partial charge in [-0.1, -0.05) is 6.07 Å². The van der Waals surface area contributed by atoms with Crippen LogP contribution in [0.4, 0.5) is 5.82 Å². The minimum atomic E-state index is 0.385.